The summed E-state index contributed by atoms with van der Waals surface area (Å²) in [6.07, 6.45) is 0.0858. The van der Waals surface area contributed by atoms with Crippen LogP contribution in [0, 0.1) is 0 Å². The number of benzene rings is 2. The number of carbonyl (C=O) groups excluding carboxylic acids is 3. The van der Waals surface area contributed by atoms with E-state index in [9.17, 15) is 14.4 Å². The lowest BCUT2D eigenvalue weighted by molar-refractivity contribution is -0.118. The summed E-state index contributed by atoms with van der Waals surface area (Å²) in [6.45, 7) is 2.57. The highest BCUT2D eigenvalue weighted by Gasteiger charge is 2.31. The van der Waals surface area contributed by atoms with Gasteiger partial charge in [-0.3, -0.25) is 14.9 Å². The molecule has 1 atom stereocenters. The lowest BCUT2D eigenvalue weighted by Crippen LogP contribution is -2.25. The van der Waals surface area contributed by atoms with Crippen molar-refractivity contribution in [3.8, 4) is 11.1 Å². The second-order valence-electron chi connectivity index (χ2n) is 6.09. The van der Waals surface area contributed by atoms with Crippen LogP contribution in [0.1, 0.15) is 18.1 Å². The minimum absolute atomic E-state index is 0.208. The van der Waals surface area contributed by atoms with E-state index in [-0.39, 0.29) is 23.0 Å². The summed E-state index contributed by atoms with van der Waals surface area (Å²) in [7, 11) is 0. The molecule has 7 heteroatoms. The number of hydrogen-bond acceptors (Lipinski definition) is 5. The molecular formula is C20H20N2O4S. The van der Waals surface area contributed by atoms with Crippen LogP contribution in [0.2, 0.25) is 0 Å². The number of alkyl carbamates (subject to hydrolysis) is 1. The van der Waals surface area contributed by atoms with Gasteiger partial charge >= 0.3 is 6.09 Å². The number of hydrogen-bond donors (Lipinski definition) is 2. The molecule has 1 unspecified atom stereocenters. The van der Waals surface area contributed by atoms with Gasteiger partial charge in [0, 0.05) is 6.54 Å². The molecule has 1 aliphatic rings. The Hall–Kier alpha value is -2.80. The van der Waals surface area contributed by atoms with Crippen LogP contribution in [0.4, 0.5) is 9.59 Å². The molecule has 1 heterocycles. The van der Waals surface area contributed by atoms with Gasteiger partial charge in [0.1, 0.15) is 6.61 Å². The maximum atomic E-state index is 11.7. The third kappa shape index (κ3) is 5.10. The number of nitrogens with one attached hydrogen (secondary N) is 2. The highest BCUT2D eigenvalue weighted by Crippen LogP contribution is 2.25. The van der Waals surface area contributed by atoms with Crippen LogP contribution >= 0.6 is 11.8 Å². The zero-order valence-corrected chi connectivity index (χ0v) is 15.7. The van der Waals surface area contributed by atoms with Crippen LogP contribution in [0.15, 0.2) is 48.5 Å². The second-order valence-corrected chi connectivity index (χ2v) is 7.27. The van der Waals surface area contributed by atoms with E-state index in [0.29, 0.717) is 13.0 Å². The Morgan fingerprint density at radius 1 is 1.11 bits per heavy atom. The Morgan fingerprint density at radius 2 is 1.89 bits per heavy atom. The van der Waals surface area contributed by atoms with E-state index in [1.165, 1.54) is 0 Å². The molecule has 1 aliphatic heterocycles. The van der Waals surface area contributed by atoms with Gasteiger partial charge in [-0.2, -0.15) is 0 Å². The molecule has 27 heavy (non-hydrogen) atoms. The predicted octanol–water partition coefficient (Wildman–Crippen LogP) is 3.49. The first-order chi connectivity index (χ1) is 13.0. The van der Waals surface area contributed by atoms with E-state index in [4.69, 9.17) is 4.74 Å². The smallest absolute Gasteiger partial charge is 0.407 e. The van der Waals surface area contributed by atoms with Crippen LogP contribution in [0.3, 0.4) is 0 Å². The molecule has 0 radical (unpaired) electrons. The van der Waals surface area contributed by atoms with Crippen LogP contribution in [-0.2, 0) is 22.6 Å². The Balaban J connectivity index is 1.64. The van der Waals surface area contributed by atoms with Gasteiger partial charge in [0.15, 0.2) is 0 Å². The van der Waals surface area contributed by atoms with Gasteiger partial charge in [-0.25, -0.2) is 4.79 Å². The molecule has 0 aromatic heterocycles. The first-order valence-electron chi connectivity index (χ1n) is 8.65. The molecule has 3 amide bonds. The fourth-order valence-electron chi connectivity index (χ4n) is 2.76. The van der Waals surface area contributed by atoms with Crippen molar-refractivity contribution >= 4 is 29.0 Å². The van der Waals surface area contributed by atoms with Crippen LogP contribution in [-0.4, -0.2) is 29.0 Å². The van der Waals surface area contributed by atoms with Gasteiger partial charge in [0.25, 0.3) is 5.24 Å². The summed E-state index contributed by atoms with van der Waals surface area (Å²) in [5.41, 5.74) is 3.94. The maximum absolute atomic E-state index is 11.7. The minimum Gasteiger partial charge on any atom is -0.445 e. The zero-order valence-electron chi connectivity index (χ0n) is 14.9. The average molecular weight is 384 g/mol. The Bertz CT molecular complexity index is 851. The first-order valence-corrected chi connectivity index (χ1v) is 9.53. The van der Waals surface area contributed by atoms with E-state index in [0.717, 1.165) is 34.0 Å². The van der Waals surface area contributed by atoms with E-state index in [1.807, 2.05) is 55.5 Å². The number of rotatable bonds is 6. The molecule has 0 bridgehead atoms. The Kier molecular flexibility index (Phi) is 6.13. The SMILES string of the molecule is CCNC(=O)OCc1cccc(-c2ccc(CC3SC(=O)NC3=O)cc2)c1. The summed E-state index contributed by atoms with van der Waals surface area (Å²) in [5.74, 6) is -0.228. The van der Waals surface area contributed by atoms with E-state index >= 15 is 0 Å². The average Bonchev–Trinajstić information content (AvgIpc) is 2.98. The van der Waals surface area contributed by atoms with E-state index in [2.05, 4.69) is 10.6 Å². The lowest BCUT2D eigenvalue weighted by Gasteiger charge is -2.09. The molecule has 140 valence electrons. The van der Waals surface area contributed by atoms with Gasteiger partial charge in [-0.05, 0) is 41.7 Å². The lowest BCUT2D eigenvalue weighted by atomic mass is 10.0. The third-order valence-electron chi connectivity index (χ3n) is 4.09. The summed E-state index contributed by atoms with van der Waals surface area (Å²) in [5, 5.41) is 4.25. The third-order valence-corrected chi connectivity index (χ3v) is 5.07. The monoisotopic (exact) mass is 384 g/mol. The van der Waals surface area contributed by atoms with Gasteiger partial charge in [0.2, 0.25) is 5.91 Å². The first kappa shape index (κ1) is 19.0. The van der Waals surface area contributed by atoms with Crippen molar-refractivity contribution in [2.75, 3.05) is 6.54 Å². The highest BCUT2D eigenvalue weighted by atomic mass is 32.2. The molecule has 2 N–H and O–H groups in total. The summed E-state index contributed by atoms with van der Waals surface area (Å²) < 4.78 is 5.15. The molecule has 1 saturated heterocycles. The summed E-state index contributed by atoms with van der Waals surface area (Å²) >= 11 is 1.04. The van der Waals surface area contributed by atoms with Crippen LogP contribution in [0.5, 0.6) is 0 Å². The molecule has 0 aliphatic carbocycles. The predicted molar refractivity (Wildman–Crippen MR) is 104 cm³/mol. The van der Waals surface area contributed by atoms with Crippen LogP contribution in [0.25, 0.3) is 11.1 Å². The number of imide groups is 1. The number of carbonyl (C=O) groups is 3. The number of thioether (sulfide) groups is 1. The van der Waals surface area contributed by atoms with E-state index < -0.39 is 6.09 Å². The zero-order chi connectivity index (χ0) is 19.2. The van der Waals surface area contributed by atoms with Crippen molar-refractivity contribution in [2.45, 2.75) is 25.2 Å². The topological polar surface area (TPSA) is 84.5 Å². The molecule has 0 spiro atoms. The molecule has 1 fully saturated rings. The largest absolute Gasteiger partial charge is 0.445 e. The van der Waals surface area contributed by atoms with Crippen LogP contribution < -0.4 is 10.6 Å². The van der Waals surface area contributed by atoms with Gasteiger partial charge < -0.3 is 10.1 Å². The second kappa shape index (κ2) is 8.73. The number of ether oxygens (including phenoxy) is 1. The molecule has 3 rings (SSSR count). The van der Waals surface area contributed by atoms with E-state index in [1.54, 1.807) is 0 Å². The van der Waals surface area contributed by atoms with Crippen molar-refractivity contribution in [2.24, 2.45) is 0 Å². The van der Waals surface area contributed by atoms with Gasteiger partial charge in [-0.15, -0.1) is 0 Å². The Labute approximate surface area is 161 Å². The van der Waals surface area contributed by atoms with Crippen molar-refractivity contribution in [1.82, 2.24) is 10.6 Å². The van der Waals surface area contributed by atoms with Gasteiger partial charge in [0.05, 0.1) is 5.25 Å². The highest BCUT2D eigenvalue weighted by molar-refractivity contribution is 8.15. The van der Waals surface area contributed by atoms with Crippen molar-refractivity contribution < 1.29 is 19.1 Å². The fraction of sp³-hybridized carbons (Fsp3) is 0.250. The summed E-state index contributed by atoms with van der Waals surface area (Å²) in [4.78, 5) is 34.3. The molecule has 0 saturated carbocycles. The van der Waals surface area contributed by atoms with Crippen molar-refractivity contribution in [3.05, 3.63) is 59.7 Å². The fourth-order valence-corrected chi connectivity index (χ4v) is 3.62. The van der Waals surface area contributed by atoms with Crippen molar-refractivity contribution in [1.29, 1.82) is 0 Å². The molecule has 2 aromatic carbocycles. The maximum Gasteiger partial charge on any atom is 0.407 e. The Morgan fingerprint density at radius 3 is 2.56 bits per heavy atom. The van der Waals surface area contributed by atoms with Crippen molar-refractivity contribution in [3.63, 3.8) is 0 Å². The summed E-state index contributed by atoms with van der Waals surface area (Å²) in [6, 6.07) is 15.7. The molecule has 6 nitrogen and oxygen atoms in total. The number of amides is 3. The normalized spacial score (nSPS) is 16.1. The standard InChI is InChI=1S/C20H20N2O4S/c1-2-21-19(24)26-12-14-4-3-5-16(10-14)15-8-6-13(7-9-15)11-17-18(23)22-20(25)27-17/h3-10,17H,2,11-12H2,1H3,(H,21,24)(H,22,23,25). The quantitative estimate of drug-likeness (QED) is 0.796. The molecular weight excluding hydrogens is 364 g/mol. The molecule has 2 aromatic rings. The minimum atomic E-state index is -0.431. The van der Waals surface area contributed by atoms with Gasteiger partial charge in [-0.1, -0.05) is 54.2 Å².